The number of carbonyl (C=O) groups is 1. The van der Waals surface area contributed by atoms with E-state index in [1.54, 1.807) is 6.07 Å². The zero-order valence-corrected chi connectivity index (χ0v) is 9.69. The van der Waals surface area contributed by atoms with Crippen LogP contribution in [0.1, 0.15) is 25.1 Å². The second kappa shape index (κ2) is 3.81. The molecule has 1 aromatic rings. The van der Waals surface area contributed by atoms with Gasteiger partial charge in [0.25, 0.3) is 0 Å². The fourth-order valence-corrected chi connectivity index (χ4v) is 2.54. The van der Waals surface area contributed by atoms with Crippen molar-refractivity contribution >= 4 is 5.91 Å². The van der Waals surface area contributed by atoms with Crippen LogP contribution in [0.3, 0.4) is 0 Å². The molecule has 3 unspecified atom stereocenters. The molecule has 0 bridgehead atoms. The summed E-state index contributed by atoms with van der Waals surface area (Å²) in [6, 6.07) is 6.79. The smallest absolute Gasteiger partial charge is 0.238 e. The summed E-state index contributed by atoms with van der Waals surface area (Å²) in [5, 5.41) is 3.15. The van der Waals surface area contributed by atoms with Crippen LogP contribution in [0.15, 0.2) is 24.3 Å². The average molecular weight is 234 g/mol. The quantitative estimate of drug-likeness (QED) is 0.844. The molecule has 0 radical (unpaired) electrons. The van der Waals surface area contributed by atoms with Crippen LogP contribution >= 0.6 is 0 Å². The van der Waals surface area contributed by atoms with E-state index in [4.69, 9.17) is 0 Å². The highest BCUT2D eigenvalue weighted by Gasteiger charge is 2.46. The molecule has 0 spiro atoms. The van der Waals surface area contributed by atoms with Gasteiger partial charge in [0, 0.05) is 6.04 Å². The summed E-state index contributed by atoms with van der Waals surface area (Å²) in [7, 11) is 0. The average Bonchev–Trinajstić information content (AvgIpc) is 2.87. The lowest BCUT2D eigenvalue weighted by Gasteiger charge is -2.25. The Morgan fingerprint density at radius 3 is 2.88 bits per heavy atom. The van der Waals surface area contributed by atoms with E-state index in [-0.39, 0.29) is 17.9 Å². The number of nitrogens with one attached hydrogen (secondary N) is 1. The summed E-state index contributed by atoms with van der Waals surface area (Å²) >= 11 is 0. The SMILES string of the molecule is CC1CC1N1C(=O)CNC1c1cccc(F)c1. The molecule has 4 heteroatoms. The Morgan fingerprint density at radius 2 is 2.24 bits per heavy atom. The highest BCUT2D eigenvalue weighted by Crippen LogP contribution is 2.40. The Morgan fingerprint density at radius 1 is 1.47 bits per heavy atom. The molecule has 3 rings (SSSR count). The molecule has 17 heavy (non-hydrogen) atoms. The summed E-state index contributed by atoms with van der Waals surface area (Å²) in [5.41, 5.74) is 0.829. The van der Waals surface area contributed by atoms with E-state index in [9.17, 15) is 9.18 Å². The molecule has 1 aliphatic heterocycles. The molecule has 1 N–H and O–H groups in total. The summed E-state index contributed by atoms with van der Waals surface area (Å²) < 4.78 is 13.2. The molecule has 3 nitrogen and oxygen atoms in total. The monoisotopic (exact) mass is 234 g/mol. The maximum absolute atomic E-state index is 13.2. The molecular weight excluding hydrogens is 219 g/mol. The Kier molecular flexibility index (Phi) is 2.40. The van der Waals surface area contributed by atoms with E-state index >= 15 is 0 Å². The highest BCUT2D eigenvalue weighted by molar-refractivity contribution is 5.81. The number of amides is 1. The lowest BCUT2D eigenvalue weighted by atomic mass is 10.1. The first kappa shape index (κ1) is 10.7. The molecule has 90 valence electrons. The van der Waals surface area contributed by atoms with Crippen molar-refractivity contribution in [1.82, 2.24) is 10.2 Å². The third kappa shape index (κ3) is 1.82. The van der Waals surface area contributed by atoms with E-state index in [2.05, 4.69) is 12.2 Å². The second-order valence-electron chi connectivity index (χ2n) is 4.92. The number of hydrogen-bond donors (Lipinski definition) is 1. The maximum Gasteiger partial charge on any atom is 0.238 e. The third-order valence-corrected chi connectivity index (χ3v) is 3.60. The summed E-state index contributed by atoms with van der Waals surface area (Å²) in [6.45, 7) is 2.49. The largest absolute Gasteiger partial charge is 0.319 e. The van der Waals surface area contributed by atoms with Crippen molar-refractivity contribution in [3.63, 3.8) is 0 Å². The van der Waals surface area contributed by atoms with Crippen molar-refractivity contribution in [2.45, 2.75) is 25.6 Å². The van der Waals surface area contributed by atoms with Gasteiger partial charge in [0.05, 0.1) is 6.54 Å². The molecular formula is C13H15FN2O. The fraction of sp³-hybridized carbons (Fsp3) is 0.462. The standard InChI is InChI=1S/C13H15FN2O/c1-8-5-11(8)16-12(17)7-15-13(16)9-3-2-4-10(14)6-9/h2-4,6,8,11,13,15H,5,7H2,1H3. The predicted molar refractivity (Wildman–Crippen MR) is 61.6 cm³/mol. The van der Waals surface area contributed by atoms with Crippen molar-refractivity contribution in [1.29, 1.82) is 0 Å². The molecule has 3 atom stereocenters. The van der Waals surface area contributed by atoms with Crippen LogP contribution in [0, 0.1) is 11.7 Å². The molecule has 0 aromatic heterocycles. The summed E-state index contributed by atoms with van der Waals surface area (Å²) in [5.74, 6) is 0.427. The lowest BCUT2D eigenvalue weighted by Crippen LogP contribution is -2.33. The molecule has 1 aromatic carbocycles. The Balaban J connectivity index is 1.89. The van der Waals surface area contributed by atoms with Gasteiger partial charge >= 0.3 is 0 Å². The van der Waals surface area contributed by atoms with Gasteiger partial charge in [-0.15, -0.1) is 0 Å². The van der Waals surface area contributed by atoms with Crippen LogP contribution in [-0.4, -0.2) is 23.4 Å². The molecule has 1 saturated carbocycles. The van der Waals surface area contributed by atoms with Crippen molar-refractivity contribution in [3.8, 4) is 0 Å². The molecule has 1 heterocycles. The number of hydrogen-bond acceptors (Lipinski definition) is 2. The Labute approximate surface area is 99.6 Å². The van der Waals surface area contributed by atoms with Gasteiger partial charge in [-0.1, -0.05) is 19.1 Å². The third-order valence-electron chi connectivity index (χ3n) is 3.60. The number of halogens is 1. The topological polar surface area (TPSA) is 32.3 Å². The molecule has 1 saturated heterocycles. The predicted octanol–water partition coefficient (Wildman–Crippen LogP) is 1.66. The number of carbonyl (C=O) groups excluding carboxylic acids is 1. The molecule has 2 fully saturated rings. The van der Waals surface area contributed by atoms with E-state index in [1.165, 1.54) is 12.1 Å². The van der Waals surface area contributed by atoms with Gasteiger partial charge < -0.3 is 4.90 Å². The lowest BCUT2D eigenvalue weighted by molar-refractivity contribution is -0.128. The van der Waals surface area contributed by atoms with Gasteiger partial charge in [-0.05, 0) is 30.0 Å². The molecule has 2 aliphatic rings. The zero-order chi connectivity index (χ0) is 12.0. The normalized spacial score (nSPS) is 32.0. The minimum atomic E-state index is -0.257. The van der Waals surface area contributed by atoms with Gasteiger partial charge in [-0.25, -0.2) is 4.39 Å². The second-order valence-corrected chi connectivity index (χ2v) is 4.92. The number of benzene rings is 1. The molecule has 1 aliphatic carbocycles. The summed E-state index contributed by atoms with van der Waals surface area (Å²) in [4.78, 5) is 13.7. The van der Waals surface area contributed by atoms with Crippen LogP contribution in [-0.2, 0) is 4.79 Å². The highest BCUT2D eigenvalue weighted by atomic mass is 19.1. The first-order valence-corrected chi connectivity index (χ1v) is 5.97. The first-order valence-electron chi connectivity index (χ1n) is 5.97. The van der Waals surface area contributed by atoms with E-state index < -0.39 is 0 Å². The van der Waals surface area contributed by atoms with E-state index in [0.717, 1.165) is 12.0 Å². The molecule has 1 amide bonds. The van der Waals surface area contributed by atoms with Crippen molar-refractivity contribution in [3.05, 3.63) is 35.6 Å². The van der Waals surface area contributed by atoms with Gasteiger partial charge in [0.2, 0.25) is 5.91 Å². The van der Waals surface area contributed by atoms with Gasteiger partial charge in [0.1, 0.15) is 12.0 Å². The zero-order valence-electron chi connectivity index (χ0n) is 9.69. The van der Waals surface area contributed by atoms with E-state index in [0.29, 0.717) is 18.5 Å². The van der Waals surface area contributed by atoms with Crippen LogP contribution in [0.25, 0.3) is 0 Å². The van der Waals surface area contributed by atoms with Crippen LogP contribution in [0.4, 0.5) is 4.39 Å². The van der Waals surface area contributed by atoms with Crippen LogP contribution in [0.2, 0.25) is 0 Å². The first-order chi connectivity index (χ1) is 8.16. The van der Waals surface area contributed by atoms with Crippen LogP contribution < -0.4 is 5.32 Å². The minimum absolute atomic E-state index is 0.119. The minimum Gasteiger partial charge on any atom is -0.319 e. The van der Waals surface area contributed by atoms with Gasteiger partial charge in [-0.3, -0.25) is 10.1 Å². The van der Waals surface area contributed by atoms with Crippen LogP contribution in [0.5, 0.6) is 0 Å². The Bertz CT molecular complexity index is 462. The van der Waals surface area contributed by atoms with Crippen molar-refractivity contribution < 1.29 is 9.18 Å². The number of nitrogens with zero attached hydrogens (tertiary/aromatic N) is 1. The van der Waals surface area contributed by atoms with Crippen molar-refractivity contribution in [2.24, 2.45) is 5.92 Å². The Hall–Kier alpha value is -1.42. The van der Waals surface area contributed by atoms with Crippen molar-refractivity contribution in [2.75, 3.05) is 6.54 Å². The summed E-state index contributed by atoms with van der Waals surface area (Å²) in [6.07, 6.45) is 0.896. The maximum atomic E-state index is 13.2. The van der Waals surface area contributed by atoms with E-state index in [1.807, 2.05) is 11.0 Å². The van der Waals surface area contributed by atoms with Gasteiger partial charge in [-0.2, -0.15) is 0 Å². The van der Waals surface area contributed by atoms with Gasteiger partial charge in [0.15, 0.2) is 0 Å². The fourth-order valence-electron chi connectivity index (χ4n) is 2.54. The number of rotatable bonds is 2.